The molecule has 138 valence electrons. The van der Waals surface area contributed by atoms with Crippen molar-refractivity contribution in [1.29, 1.82) is 0 Å². The number of benzene rings is 2. The molecule has 10 nitrogen and oxygen atoms in total. The van der Waals surface area contributed by atoms with Gasteiger partial charge in [-0.1, -0.05) is 0 Å². The summed E-state index contributed by atoms with van der Waals surface area (Å²) in [6, 6.07) is 10.2. The van der Waals surface area contributed by atoms with Crippen molar-refractivity contribution < 1.29 is 19.2 Å². The molecule has 2 amide bonds. The summed E-state index contributed by atoms with van der Waals surface area (Å²) in [6.45, 7) is -0.312. The third-order valence-electron chi connectivity index (χ3n) is 3.81. The van der Waals surface area contributed by atoms with Crippen LogP contribution >= 0.6 is 0 Å². The van der Waals surface area contributed by atoms with Crippen LogP contribution in [-0.4, -0.2) is 23.3 Å². The molecule has 3 rings (SSSR count). The topological polar surface area (TPSA) is 154 Å². The zero-order valence-electron chi connectivity index (χ0n) is 13.9. The largest absolute Gasteiger partial charge is 0.449 e. The number of nitro benzene ring substituents is 1. The van der Waals surface area contributed by atoms with Gasteiger partial charge in [0.05, 0.1) is 10.6 Å². The van der Waals surface area contributed by atoms with Crippen molar-refractivity contribution in [1.82, 2.24) is 5.43 Å². The number of hydrazine groups is 1. The van der Waals surface area contributed by atoms with Gasteiger partial charge in [0.25, 0.3) is 17.5 Å². The van der Waals surface area contributed by atoms with E-state index in [1.54, 1.807) is 12.1 Å². The SMILES string of the molecule is NNC(=O)CN1C(=O)/C(=C\c2ccc([N+](=O)[O-])cc2)Oc2cc(N)ccc21. The normalized spacial score (nSPS) is 14.5. The minimum atomic E-state index is -0.567. The van der Waals surface area contributed by atoms with Gasteiger partial charge in [-0.15, -0.1) is 0 Å². The number of fused-ring (bicyclic) bond motifs is 1. The number of hydrogen-bond acceptors (Lipinski definition) is 7. The van der Waals surface area contributed by atoms with Crippen LogP contribution in [0.1, 0.15) is 5.56 Å². The highest BCUT2D eigenvalue weighted by Crippen LogP contribution is 2.37. The fourth-order valence-electron chi connectivity index (χ4n) is 2.52. The minimum Gasteiger partial charge on any atom is -0.449 e. The van der Waals surface area contributed by atoms with Crippen molar-refractivity contribution in [3.63, 3.8) is 0 Å². The summed E-state index contributed by atoms with van der Waals surface area (Å²) in [4.78, 5) is 35.9. The molecule has 27 heavy (non-hydrogen) atoms. The van der Waals surface area contributed by atoms with E-state index in [-0.39, 0.29) is 18.0 Å². The second-order valence-electron chi connectivity index (χ2n) is 5.65. The molecule has 0 fully saturated rings. The quantitative estimate of drug-likeness (QED) is 0.181. The van der Waals surface area contributed by atoms with Gasteiger partial charge in [0.2, 0.25) is 0 Å². The number of nitrogens with one attached hydrogen (secondary N) is 1. The second-order valence-corrected chi connectivity index (χ2v) is 5.65. The Bertz CT molecular complexity index is 955. The predicted octanol–water partition coefficient (Wildman–Crippen LogP) is 0.933. The molecule has 0 radical (unpaired) electrons. The summed E-state index contributed by atoms with van der Waals surface area (Å²) >= 11 is 0. The Morgan fingerprint density at radius 2 is 1.96 bits per heavy atom. The summed E-state index contributed by atoms with van der Waals surface area (Å²) in [5.41, 5.74) is 8.97. The first kappa shape index (κ1) is 17.9. The molecule has 0 unspecified atom stereocenters. The van der Waals surface area contributed by atoms with Gasteiger partial charge in [-0.05, 0) is 35.9 Å². The summed E-state index contributed by atoms with van der Waals surface area (Å²) in [5, 5.41) is 10.7. The molecule has 0 saturated heterocycles. The molecule has 1 heterocycles. The lowest BCUT2D eigenvalue weighted by atomic mass is 10.1. The Balaban J connectivity index is 2.00. The molecule has 1 aliphatic rings. The summed E-state index contributed by atoms with van der Waals surface area (Å²) < 4.78 is 5.65. The zero-order valence-corrected chi connectivity index (χ0v) is 13.9. The van der Waals surface area contributed by atoms with Gasteiger partial charge in [0.15, 0.2) is 11.5 Å². The Morgan fingerprint density at radius 3 is 2.59 bits per heavy atom. The van der Waals surface area contributed by atoms with Crippen molar-refractivity contribution >= 4 is 35.0 Å². The molecule has 0 atom stereocenters. The Morgan fingerprint density at radius 1 is 1.26 bits per heavy atom. The molecule has 0 bridgehead atoms. The highest BCUT2D eigenvalue weighted by molar-refractivity contribution is 6.12. The van der Waals surface area contributed by atoms with Crippen LogP contribution in [0.25, 0.3) is 6.08 Å². The molecular weight excluding hydrogens is 354 g/mol. The van der Waals surface area contributed by atoms with Crippen molar-refractivity contribution in [2.45, 2.75) is 0 Å². The van der Waals surface area contributed by atoms with Gasteiger partial charge in [-0.25, -0.2) is 5.84 Å². The number of amides is 2. The van der Waals surface area contributed by atoms with Gasteiger partial charge >= 0.3 is 0 Å². The molecule has 5 N–H and O–H groups in total. The first-order valence-electron chi connectivity index (χ1n) is 7.74. The average Bonchev–Trinajstić information content (AvgIpc) is 2.65. The molecule has 2 aromatic carbocycles. The lowest BCUT2D eigenvalue weighted by Gasteiger charge is -2.30. The average molecular weight is 369 g/mol. The number of nitrogen functional groups attached to an aromatic ring is 1. The number of carbonyl (C=O) groups is 2. The predicted molar refractivity (Wildman–Crippen MR) is 97.2 cm³/mol. The Labute approximate surface area is 153 Å². The van der Waals surface area contributed by atoms with E-state index >= 15 is 0 Å². The first-order chi connectivity index (χ1) is 12.9. The van der Waals surface area contributed by atoms with E-state index in [0.717, 1.165) is 0 Å². The van der Waals surface area contributed by atoms with Crippen molar-refractivity contribution in [3.8, 4) is 5.75 Å². The lowest BCUT2D eigenvalue weighted by molar-refractivity contribution is -0.384. The summed E-state index contributed by atoms with van der Waals surface area (Å²) in [7, 11) is 0. The number of rotatable bonds is 4. The minimum absolute atomic E-state index is 0.0632. The molecule has 2 aromatic rings. The van der Waals surface area contributed by atoms with E-state index in [0.29, 0.717) is 22.7 Å². The van der Waals surface area contributed by atoms with Crippen LogP contribution in [0.3, 0.4) is 0 Å². The zero-order chi connectivity index (χ0) is 19.6. The van der Waals surface area contributed by atoms with Crippen molar-refractivity contribution in [3.05, 3.63) is 63.9 Å². The molecule has 1 aliphatic heterocycles. The van der Waals surface area contributed by atoms with Gasteiger partial charge < -0.3 is 10.5 Å². The van der Waals surface area contributed by atoms with Gasteiger partial charge in [-0.3, -0.25) is 30.0 Å². The Hall–Kier alpha value is -3.92. The van der Waals surface area contributed by atoms with Crippen LogP contribution in [0.5, 0.6) is 5.75 Å². The summed E-state index contributed by atoms with van der Waals surface area (Å²) in [5.74, 6) is 4.22. The molecule has 0 aromatic heterocycles. The number of nitro groups is 1. The number of anilines is 2. The van der Waals surface area contributed by atoms with Gasteiger partial charge in [-0.2, -0.15) is 0 Å². The maximum atomic E-state index is 12.8. The van der Waals surface area contributed by atoms with Crippen LogP contribution in [0.2, 0.25) is 0 Å². The van der Waals surface area contributed by atoms with Crippen molar-refractivity contribution in [2.24, 2.45) is 5.84 Å². The molecule has 0 saturated carbocycles. The highest BCUT2D eigenvalue weighted by atomic mass is 16.6. The fourth-order valence-corrected chi connectivity index (χ4v) is 2.52. The number of ether oxygens (including phenoxy) is 1. The third-order valence-corrected chi connectivity index (χ3v) is 3.81. The van der Waals surface area contributed by atoms with Crippen LogP contribution in [-0.2, 0) is 9.59 Å². The van der Waals surface area contributed by atoms with E-state index in [2.05, 4.69) is 0 Å². The maximum absolute atomic E-state index is 12.8. The third kappa shape index (κ3) is 3.70. The Kier molecular flexibility index (Phi) is 4.73. The monoisotopic (exact) mass is 369 g/mol. The second kappa shape index (κ2) is 7.14. The molecule has 10 heteroatoms. The van der Waals surface area contributed by atoms with Crippen molar-refractivity contribution in [2.75, 3.05) is 17.2 Å². The van der Waals surface area contributed by atoms with Gasteiger partial charge in [0, 0.05) is 23.9 Å². The first-order valence-corrected chi connectivity index (χ1v) is 7.74. The molecular formula is C17H15N5O5. The van der Waals surface area contributed by atoms with E-state index in [4.69, 9.17) is 16.3 Å². The van der Waals surface area contributed by atoms with E-state index in [9.17, 15) is 19.7 Å². The van der Waals surface area contributed by atoms with Crippen LogP contribution in [0, 0.1) is 10.1 Å². The van der Waals surface area contributed by atoms with E-state index in [1.165, 1.54) is 41.3 Å². The van der Waals surface area contributed by atoms with Crippen LogP contribution < -0.4 is 26.6 Å². The number of carbonyl (C=O) groups excluding carboxylic acids is 2. The number of nitrogens with two attached hydrogens (primary N) is 2. The smallest absolute Gasteiger partial charge is 0.294 e. The van der Waals surface area contributed by atoms with Crippen LogP contribution in [0.15, 0.2) is 48.2 Å². The number of nitrogens with zero attached hydrogens (tertiary/aromatic N) is 2. The number of hydrogen-bond donors (Lipinski definition) is 3. The van der Waals surface area contributed by atoms with E-state index < -0.39 is 16.7 Å². The maximum Gasteiger partial charge on any atom is 0.294 e. The lowest BCUT2D eigenvalue weighted by Crippen LogP contribution is -2.45. The number of non-ortho nitro benzene ring substituents is 1. The van der Waals surface area contributed by atoms with Gasteiger partial charge in [0.1, 0.15) is 6.54 Å². The molecule has 0 aliphatic carbocycles. The summed E-state index contributed by atoms with van der Waals surface area (Å²) in [6.07, 6.45) is 1.42. The molecule has 0 spiro atoms. The van der Waals surface area contributed by atoms with E-state index in [1.807, 2.05) is 5.43 Å². The standard InChI is InChI=1S/C17H15N5O5/c18-11-3-6-13-14(8-11)27-15(17(24)21(13)9-16(23)20-19)7-10-1-4-12(5-2-10)22(25)26/h1-8H,9,18-19H2,(H,20,23)/b15-7+. The fraction of sp³-hybridized carbons (Fsp3) is 0.0588. The van der Waals surface area contributed by atoms with Crippen LogP contribution in [0.4, 0.5) is 17.1 Å². The highest BCUT2D eigenvalue weighted by Gasteiger charge is 2.31.